The minimum absolute atomic E-state index is 0.0854. The SMILES string of the molecule is O=C(NCCSCc1c(F)cccc1Cl)C1CCN(Cc2ccc(Br)cc2)CC1. The van der Waals surface area contributed by atoms with Gasteiger partial charge in [-0.3, -0.25) is 9.69 Å². The minimum atomic E-state index is -0.274. The van der Waals surface area contributed by atoms with Crippen molar-refractivity contribution in [1.82, 2.24) is 10.2 Å². The van der Waals surface area contributed by atoms with Gasteiger partial charge < -0.3 is 5.32 Å². The molecule has 0 unspecified atom stereocenters. The van der Waals surface area contributed by atoms with Crippen LogP contribution >= 0.6 is 39.3 Å². The topological polar surface area (TPSA) is 32.3 Å². The molecule has 1 aliphatic heterocycles. The molecule has 0 radical (unpaired) electrons. The average molecular weight is 500 g/mol. The summed E-state index contributed by atoms with van der Waals surface area (Å²) in [6.45, 7) is 3.40. The lowest BCUT2D eigenvalue weighted by Crippen LogP contribution is -2.40. The van der Waals surface area contributed by atoms with Gasteiger partial charge in [-0.1, -0.05) is 45.7 Å². The van der Waals surface area contributed by atoms with Gasteiger partial charge in [0.15, 0.2) is 0 Å². The van der Waals surface area contributed by atoms with Crippen LogP contribution in [0.15, 0.2) is 46.9 Å². The molecule has 1 N–H and O–H groups in total. The molecule has 3 rings (SSSR count). The number of hydrogen-bond donors (Lipinski definition) is 1. The third kappa shape index (κ3) is 6.99. The summed E-state index contributed by atoms with van der Waals surface area (Å²) in [6.07, 6.45) is 1.78. The van der Waals surface area contributed by atoms with Gasteiger partial charge in [0, 0.05) is 45.6 Å². The molecule has 2 aromatic carbocycles. The van der Waals surface area contributed by atoms with Crippen molar-refractivity contribution in [3.8, 4) is 0 Å². The van der Waals surface area contributed by atoms with E-state index in [0.29, 0.717) is 22.9 Å². The summed E-state index contributed by atoms with van der Waals surface area (Å²) >= 11 is 11.1. The number of halogens is 3. The van der Waals surface area contributed by atoms with Crippen LogP contribution in [0.4, 0.5) is 4.39 Å². The quantitative estimate of drug-likeness (QED) is 0.487. The first-order chi connectivity index (χ1) is 14.0. The van der Waals surface area contributed by atoms with Crippen LogP contribution in [0.2, 0.25) is 5.02 Å². The molecule has 3 nitrogen and oxygen atoms in total. The van der Waals surface area contributed by atoms with Crippen molar-refractivity contribution in [3.05, 3.63) is 68.9 Å². The largest absolute Gasteiger partial charge is 0.355 e. The lowest BCUT2D eigenvalue weighted by atomic mass is 9.95. The zero-order chi connectivity index (χ0) is 20.6. The Morgan fingerprint density at radius 1 is 1.21 bits per heavy atom. The summed E-state index contributed by atoms with van der Waals surface area (Å²) in [5.74, 6) is 1.19. The first-order valence-corrected chi connectivity index (χ1v) is 12.1. The molecular formula is C22H25BrClFN2OS. The van der Waals surface area contributed by atoms with Gasteiger partial charge in [0.05, 0.1) is 0 Å². The number of rotatable bonds is 8. The van der Waals surface area contributed by atoms with Crippen molar-refractivity contribution in [2.75, 3.05) is 25.4 Å². The van der Waals surface area contributed by atoms with Crippen molar-refractivity contribution in [2.24, 2.45) is 5.92 Å². The predicted molar refractivity (Wildman–Crippen MR) is 123 cm³/mol. The van der Waals surface area contributed by atoms with Crippen molar-refractivity contribution < 1.29 is 9.18 Å². The lowest BCUT2D eigenvalue weighted by Gasteiger charge is -2.31. The second kappa shape index (κ2) is 11.3. The Labute approximate surface area is 189 Å². The van der Waals surface area contributed by atoms with Gasteiger partial charge in [0.25, 0.3) is 0 Å². The molecule has 0 bridgehead atoms. The molecule has 29 heavy (non-hydrogen) atoms. The molecule has 0 aromatic heterocycles. The van der Waals surface area contributed by atoms with Crippen LogP contribution in [0, 0.1) is 11.7 Å². The zero-order valence-electron chi connectivity index (χ0n) is 16.2. The molecule has 0 aliphatic carbocycles. The maximum Gasteiger partial charge on any atom is 0.223 e. The van der Waals surface area contributed by atoms with Gasteiger partial charge >= 0.3 is 0 Å². The first-order valence-electron chi connectivity index (χ1n) is 9.78. The highest BCUT2D eigenvalue weighted by molar-refractivity contribution is 9.10. The highest BCUT2D eigenvalue weighted by Crippen LogP contribution is 2.24. The number of piperidine rings is 1. The highest BCUT2D eigenvalue weighted by Gasteiger charge is 2.24. The van der Waals surface area contributed by atoms with E-state index in [2.05, 4.69) is 50.4 Å². The van der Waals surface area contributed by atoms with E-state index >= 15 is 0 Å². The normalized spacial score (nSPS) is 15.4. The molecule has 1 fully saturated rings. The van der Waals surface area contributed by atoms with E-state index in [1.807, 2.05) is 0 Å². The Bertz CT molecular complexity index is 793. The molecular weight excluding hydrogens is 475 g/mol. The van der Waals surface area contributed by atoms with Crippen LogP contribution in [0.25, 0.3) is 0 Å². The molecule has 7 heteroatoms. The fourth-order valence-corrected chi connectivity index (χ4v) is 4.90. The number of hydrogen-bond acceptors (Lipinski definition) is 3. The van der Waals surface area contributed by atoms with Crippen LogP contribution < -0.4 is 5.32 Å². The fourth-order valence-electron chi connectivity index (χ4n) is 3.44. The van der Waals surface area contributed by atoms with Crippen LogP contribution in [0.1, 0.15) is 24.0 Å². The fraction of sp³-hybridized carbons (Fsp3) is 0.409. The minimum Gasteiger partial charge on any atom is -0.355 e. The van der Waals surface area contributed by atoms with Crippen LogP contribution in [-0.4, -0.2) is 36.2 Å². The number of nitrogens with one attached hydrogen (secondary N) is 1. The van der Waals surface area contributed by atoms with E-state index in [1.165, 1.54) is 11.6 Å². The van der Waals surface area contributed by atoms with Gasteiger partial charge in [-0.25, -0.2) is 4.39 Å². The van der Waals surface area contributed by atoms with Crippen molar-refractivity contribution in [2.45, 2.75) is 25.1 Å². The maximum atomic E-state index is 13.7. The van der Waals surface area contributed by atoms with Crippen LogP contribution in [0.3, 0.4) is 0 Å². The Balaban J connectivity index is 1.32. The summed E-state index contributed by atoms with van der Waals surface area (Å²) in [5, 5.41) is 3.48. The smallest absolute Gasteiger partial charge is 0.223 e. The number of thioether (sulfide) groups is 1. The Morgan fingerprint density at radius 3 is 2.62 bits per heavy atom. The lowest BCUT2D eigenvalue weighted by molar-refractivity contribution is -0.126. The molecule has 1 amide bonds. The Hall–Kier alpha value is -1.08. The van der Waals surface area contributed by atoms with E-state index in [1.54, 1.807) is 23.9 Å². The van der Waals surface area contributed by atoms with E-state index in [0.717, 1.165) is 42.7 Å². The monoisotopic (exact) mass is 498 g/mol. The highest BCUT2D eigenvalue weighted by atomic mass is 79.9. The molecule has 0 atom stereocenters. The third-order valence-electron chi connectivity index (χ3n) is 5.13. The van der Waals surface area contributed by atoms with E-state index in [9.17, 15) is 9.18 Å². The van der Waals surface area contributed by atoms with Gasteiger partial charge in [-0.2, -0.15) is 11.8 Å². The molecule has 1 heterocycles. The summed E-state index contributed by atoms with van der Waals surface area (Å²) in [6, 6.07) is 13.1. The van der Waals surface area contributed by atoms with E-state index in [-0.39, 0.29) is 17.6 Å². The van der Waals surface area contributed by atoms with Crippen LogP contribution in [0.5, 0.6) is 0 Å². The predicted octanol–water partition coefficient (Wildman–Crippen LogP) is 5.50. The molecule has 1 aliphatic rings. The number of likely N-dealkylation sites (tertiary alicyclic amines) is 1. The third-order valence-corrected chi connectivity index (χ3v) is 7.00. The second-order valence-corrected chi connectivity index (χ2v) is 9.65. The standard InChI is InChI=1S/C22H25BrClFN2OS/c23-18-6-4-16(5-7-18)14-27-11-8-17(9-12-27)22(28)26-10-13-29-15-19-20(24)2-1-3-21(19)25/h1-7,17H,8-15H2,(H,26,28). The van der Waals surface area contributed by atoms with E-state index in [4.69, 9.17) is 11.6 Å². The van der Waals surface area contributed by atoms with Gasteiger partial charge in [0.1, 0.15) is 5.82 Å². The van der Waals surface area contributed by atoms with Crippen molar-refractivity contribution in [1.29, 1.82) is 0 Å². The molecule has 0 spiro atoms. The molecule has 156 valence electrons. The summed E-state index contributed by atoms with van der Waals surface area (Å²) in [7, 11) is 0. The molecule has 2 aromatic rings. The van der Waals surface area contributed by atoms with Gasteiger partial charge in [-0.15, -0.1) is 0 Å². The molecule has 0 saturated carbocycles. The Kier molecular flexibility index (Phi) is 8.85. The first kappa shape index (κ1) is 22.6. The number of carbonyl (C=O) groups excluding carboxylic acids is 1. The van der Waals surface area contributed by atoms with Crippen LogP contribution in [-0.2, 0) is 17.1 Å². The van der Waals surface area contributed by atoms with Gasteiger partial charge in [-0.05, 0) is 55.8 Å². The average Bonchev–Trinajstić information content (AvgIpc) is 2.72. The van der Waals surface area contributed by atoms with Crippen molar-refractivity contribution >= 4 is 45.2 Å². The summed E-state index contributed by atoms with van der Waals surface area (Å²) in [5.41, 5.74) is 1.83. The number of benzene rings is 2. The maximum absolute atomic E-state index is 13.7. The van der Waals surface area contributed by atoms with Gasteiger partial charge in [0.2, 0.25) is 5.91 Å². The summed E-state index contributed by atoms with van der Waals surface area (Å²) < 4.78 is 14.8. The number of amides is 1. The second-order valence-electron chi connectivity index (χ2n) is 7.22. The van der Waals surface area contributed by atoms with E-state index < -0.39 is 0 Å². The Morgan fingerprint density at radius 2 is 1.93 bits per heavy atom. The number of nitrogens with zero attached hydrogens (tertiary/aromatic N) is 1. The zero-order valence-corrected chi connectivity index (χ0v) is 19.3. The number of carbonyl (C=O) groups is 1. The molecule has 1 saturated heterocycles. The van der Waals surface area contributed by atoms with Crippen molar-refractivity contribution in [3.63, 3.8) is 0 Å². The summed E-state index contributed by atoms with van der Waals surface area (Å²) in [4.78, 5) is 14.8.